The van der Waals surface area contributed by atoms with Gasteiger partial charge in [0.05, 0.1) is 4.90 Å². The van der Waals surface area contributed by atoms with Gasteiger partial charge in [-0.05, 0) is 37.1 Å². The van der Waals surface area contributed by atoms with Crippen molar-refractivity contribution in [3.63, 3.8) is 0 Å². The van der Waals surface area contributed by atoms with E-state index in [9.17, 15) is 18.0 Å². The van der Waals surface area contributed by atoms with Crippen molar-refractivity contribution >= 4 is 21.9 Å². The molecule has 2 aromatic rings. The quantitative estimate of drug-likeness (QED) is 0.712. The molecule has 1 amide bonds. The van der Waals surface area contributed by atoms with Crippen LogP contribution in [-0.4, -0.2) is 45.8 Å². The van der Waals surface area contributed by atoms with Crippen LogP contribution in [0.15, 0.2) is 53.4 Å². The van der Waals surface area contributed by atoms with Crippen LogP contribution in [0.1, 0.15) is 22.8 Å². The smallest absolute Gasteiger partial charge is 0.322 e. The zero-order chi connectivity index (χ0) is 20.9. The van der Waals surface area contributed by atoms with Crippen LogP contribution < -0.4 is 4.72 Å². The zero-order valence-corrected chi connectivity index (χ0v) is 17.1. The fraction of sp³-hybridized carbons (Fsp3) is 0.300. The van der Waals surface area contributed by atoms with E-state index in [4.69, 9.17) is 4.74 Å². The number of esters is 1. The summed E-state index contributed by atoms with van der Waals surface area (Å²) in [5.74, 6) is -1.27. The Hall–Kier alpha value is -2.71. The van der Waals surface area contributed by atoms with Gasteiger partial charge in [-0.15, -0.1) is 0 Å². The highest BCUT2D eigenvalue weighted by Gasteiger charge is 2.27. The van der Waals surface area contributed by atoms with Crippen LogP contribution >= 0.6 is 0 Å². The molecular formula is C20H24N2O5S. The van der Waals surface area contributed by atoms with Gasteiger partial charge in [-0.1, -0.05) is 36.4 Å². The first-order valence-electron chi connectivity index (χ1n) is 8.64. The third-order valence-corrected chi connectivity index (χ3v) is 5.61. The number of hydrogen-bond donors (Lipinski definition) is 1. The van der Waals surface area contributed by atoms with E-state index in [1.54, 1.807) is 57.4 Å². The Kier molecular flexibility index (Phi) is 6.93. The second-order valence-electron chi connectivity index (χ2n) is 6.58. The Morgan fingerprint density at radius 1 is 1.04 bits per heavy atom. The van der Waals surface area contributed by atoms with E-state index in [1.807, 2.05) is 6.92 Å². The standard InChI is InChI=1S/C20H24N2O5S/c1-14-10-11-17(12-15(14)2)28(25,26)21-13-18(23)27-19(20(24)22(3)4)16-8-6-5-7-9-16/h5-12,19,21H,13H2,1-4H3/t19-/m0/s1. The fourth-order valence-corrected chi connectivity index (χ4v) is 3.47. The highest BCUT2D eigenvalue weighted by molar-refractivity contribution is 7.89. The van der Waals surface area contributed by atoms with Crippen LogP contribution in [-0.2, 0) is 24.3 Å². The Morgan fingerprint density at radius 2 is 1.68 bits per heavy atom. The summed E-state index contributed by atoms with van der Waals surface area (Å²) in [6.45, 7) is 3.10. The number of sulfonamides is 1. The van der Waals surface area contributed by atoms with Crippen molar-refractivity contribution < 1.29 is 22.7 Å². The van der Waals surface area contributed by atoms with Crippen molar-refractivity contribution in [2.75, 3.05) is 20.6 Å². The van der Waals surface area contributed by atoms with Gasteiger partial charge in [0.1, 0.15) is 6.54 Å². The molecule has 0 aromatic heterocycles. The maximum absolute atomic E-state index is 12.4. The SMILES string of the molecule is Cc1ccc(S(=O)(=O)NCC(=O)O[C@H](C(=O)N(C)C)c2ccccc2)cc1C. The van der Waals surface area contributed by atoms with Crippen molar-refractivity contribution in [3.8, 4) is 0 Å². The molecule has 1 N–H and O–H groups in total. The number of nitrogens with one attached hydrogen (secondary N) is 1. The number of hydrogen-bond acceptors (Lipinski definition) is 5. The number of benzene rings is 2. The van der Waals surface area contributed by atoms with Crippen LogP contribution in [0.25, 0.3) is 0 Å². The van der Waals surface area contributed by atoms with Gasteiger partial charge < -0.3 is 9.64 Å². The Morgan fingerprint density at radius 3 is 2.25 bits per heavy atom. The molecule has 0 heterocycles. The predicted octanol–water partition coefficient (Wildman–Crippen LogP) is 1.95. The summed E-state index contributed by atoms with van der Waals surface area (Å²) in [6, 6.07) is 13.3. The van der Waals surface area contributed by atoms with Crippen LogP contribution in [0.3, 0.4) is 0 Å². The fourth-order valence-electron chi connectivity index (χ4n) is 2.41. The van der Waals surface area contributed by atoms with Gasteiger partial charge in [-0.2, -0.15) is 4.72 Å². The average molecular weight is 404 g/mol. The van der Waals surface area contributed by atoms with E-state index in [1.165, 1.54) is 17.0 Å². The lowest BCUT2D eigenvalue weighted by molar-refractivity contribution is -0.158. The molecule has 0 fully saturated rings. The Bertz CT molecular complexity index is 956. The van der Waals surface area contributed by atoms with Crippen LogP contribution in [0.5, 0.6) is 0 Å². The molecule has 0 radical (unpaired) electrons. The first kappa shape index (κ1) is 21.6. The molecule has 0 saturated heterocycles. The number of aryl methyl sites for hydroxylation is 2. The Balaban J connectivity index is 2.10. The van der Waals surface area contributed by atoms with E-state index in [0.29, 0.717) is 5.56 Å². The number of nitrogens with zero attached hydrogens (tertiary/aromatic N) is 1. The van der Waals surface area contributed by atoms with Gasteiger partial charge in [-0.25, -0.2) is 8.42 Å². The summed E-state index contributed by atoms with van der Waals surface area (Å²) in [5.41, 5.74) is 2.30. The molecule has 2 aromatic carbocycles. The number of amides is 1. The maximum Gasteiger partial charge on any atom is 0.322 e. The molecule has 150 valence electrons. The summed E-state index contributed by atoms with van der Waals surface area (Å²) < 4.78 is 32.3. The summed E-state index contributed by atoms with van der Waals surface area (Å²) in [5, 5.41) is 0. The molecule has 7 nitrogen and oxygen atoms in total. The summed E-state index contributed by atoms with van der Waals surface area (Å²) in [4.78, 5) is 26.0. The van der Waals surface area contributed by atoms with Crippen molar-refractivity contribution in [2.24, 2.45) is 0 Å². The Labute approximate surface area is 165 Å². The molecule has 2 rings (SSSR count). The van der Waals surface area contributed by atoms with E-state index in [-0.39, 0.29) is 4.90 Å². The van der Waals surface area contributed by atoms with Gasteiger partial charge in [-0.3, -0.25) is 9.59 Å². The predicted molar refractivity (Wildman–Crippen MR) is 105 cm³/mol. The lowest BCUT2D eigenvalue weighted by atomic mass is 10.1. The number of rotatable bonds is 7. The maximum atomic E-state index is 12.4. The van der Waals surface area contributed by atoms with Crippen molar-refractivity contribution in [1.82, 2.24) is 9.62 Å². The second-order valence-corrected chi connectivity index (χ2v) is 8.35. The minimum Gasteiger partial charge on any atom is -0.446 e. The number of likely N-dealkylation sites (N-methyl/N-ethyl adjacent to an activating group) is 1. The first-order valence-corrected chi connectivity index (χ1v) is 10.1. The second kappa shape index (κ2) is 8.99. The minimum absolute atomic E-state index is 0.0624. The van der Waals surface area contributed by atoms with Crippen molar-refractivity contribution in [2.45, 2.75) is 24.8 Å². The van der Waals surface area contributed by atoms with E-state index < -0.39 is 34.5 Å². The molecule has 0 aliphatic carbocycles. The molecule has 8 heteroatoms. The molecule has 0 bridgehead atoms. The highest BCUT2D eigenvalue weighted by Crippen LogP contribution is 2.20. The van der Waals surface area contributed by atoms with Gasteiger partial charge >= 0.3 is 5.97 Å². The van der Waals surface area contributed by atoms with Crippen LogP contribution in [0.2, 0.25) is 0 Å². The highest BCUT2D eigenvalue weighted by atomic mass is 32.2. The summed E-state index contributed by atoms with van der Waals surface area (Å²) >= 11 is 0. The van der Waals surface area contributed by atoms with Crippen molar-refractivity contribution in [1.29, 1.82) is 0 Å². The van der Waals surface area contributed by atoms with E-state index in [2.05, 4.69) is 4.72 Å². The topological polar surface area (TPSA) is 92.8 Å². The molecule has 0 spiro atoms. The van der Waals surface area contributed by atoms with E-state index >= 15 is 0 Å². The lowest BCUT2D eigenvalue weighted by Crippen LogP contribution is -2.35. The normalized spacial score (nSPS) is 12.3. The molecule has 0 unspecified atom stereocenters. The molecule has 1 atom stereocenters. The van der Waals surface area contributed by atoms with Gasteiger partial charge in [0.25, 0.3) is 5.91 Å². The number of carbonyl (C=O) groups is 2. The largest absolute Gasteiger partial charge is 0.446 e. The van der Waals surface area contributed by atoms with Crippen LogP contribution in [0, 0.1) is 13.8 Å². The molecule has 0 aliphatic rings. The van der Waals surface area contributed by atoms with Gasteiger partial charge in [0.2, 0.25) is 16.1 Å². The van der Waals surface area contributed by atoms with E-state index in [0.717, 1.165) is 11.1 Å². The van der Waals surface area contributed by atoms with Crippen LogP contribution in [0.4, 0.5) is 0 Å². The lowest BCUT2D eigenvalue weighted by Gasteiger charge is -2.21. The zero-order valence-electron chi connectivity index (χ0n) is 16.3. The minimum atomic E-state index is -3.88. The third-order valence-electron chi connectivity index (χ3n) is 4.21. The van der Waals surface area contributed by atoms with Gasteiger partial charge in [0, 0.05) is 19.7 Å². The van der Waals surface area contributed by atoms with Crippen molar-refractivity contribution in [3.05, 3.63) is 65.2 Å². The first-order chi connectivity index (χ1) is 13.1. The molecule has 0 saturated carbocycles. The number of ether oxygens (including phenoxy) is 1. The molecule has 28 heavy (non-hydrogen) atoms. The molecular weight excluding hydrogens is 380 g/mol. The summed E-state index contributed by atoms with van der Waals surface area (Å²) in [7, 11) is -0.778. The molecule has 0 aliphatic heterocycles. The van der Waals surface area contributed by atoms with Gasteiger partial charge in [0.15, 0.2) is 0 Å². The number of carbonyl (C=O) groups excluding carboxylic acids is 2. The third kappa shape index (κ3) is 5.40. The summed E-state index contributed by atoms with van der Waals surface area (Å²) in [6.07, 6.45) is -1.14. The monoisotopic (exact) mass is 404 g/mol. The average Bonchev–Trinajstić information content (AvgIpc) is 2.66.